The van der Waals surface area contributed by atoms with Crippen LogP contribution < -0.4 is 10.2 Å². The van der Waals surface area contributed by atoms with Crippen molar-refractivity contribution in [2.45, 2.75) is 45.8 Å². The summed E-state index contributed by atoms with van der Waals surface area (Å²) in [4.78, 5) is 4.19. The molecular formula is C13H19BClNO3. The quantitative estimate of drug-likeness (QED) is 0.799. The molecule has 0 amide bonds. The molecule has 19 heavy (non-hydrogen) atoms. The Balaban J connectivity index is 2.35. The molecule has 4 nitrogen and oxygen atoms in total. The van der Waals surface area contributed by atoms with Crippen molar-refractivity contribution in [2.75, 3.05) is 6.61 Å². The fourth-order valence-electron chi connectivity index (χ4n) is 1.84. The van der Waals surface area contributed by atoms with Gasteiger partial charge in [0, 0.05) is 11.7 Å². The molecule has 0 aromatic carbocycles. The van der Waals surface area contributed by atoms with Crippen LogP contribution in [0.4, 0.5) is 0 Å². The molecule has 1 aliphatic rings. The highest BCUT2D eigenvalue weighted by atomic mass is 35.5. The van der Waals surface area contributed by atoms with Crippen molar-refractivity contribution in [3.05, 3.63) is 17.3 Å². The van der Waals surface area contributed by atoms with Crippen molar-refractivity contribution >= 4 is 24.2 Å². The second-order valence-corrected chi connectivity index (χ2v) is 6.01. The number of ether oxygens (including phenoxy) is 1. The normalized spacial score (nSPS) is 20.6. The fraction of sp³-hybridized carbons (Fsp3) is 0.615. The van der Waals surface area contributed by atoms with Gasteiger partial charge in [-0.15, -0.1) is 0 Å². The van der Waals surface area contributed by atoms with E-state index in [-0.39, 0.29) is 0 Å². The van der Waals surface area contributed by atoms with Crippen LogP contribution >= 0.6 is 11.6 Å². The van der Waals surface area contributed by atoms with Crippen molar-refractivity contribution in [1.29, 1.82) is 0 Å². The Morgan fingerprint density at radius 2 is 1.84 bits per heavy atom. The second-order valence-electron chi connectivity index (χ2n) is 5.57. The number of hydrogen-bond acceptors (Lipinski definition) is 4. The first-order valence-electron chi connectivity index (χ1n) is 6.41. The molecule has 1 aromatic rings. The van der Waals surface area contributed by atoms with Gasteiger partial charge < -0.3 is 14.0 Å². The Morgan fingerprint density at radius 1 is 1.26 bits per heavy atom. The van der Waals surface area contributed by atoms with Crippen LogP contribution in [0.2, 0.25) is 5.02 Å². The van der Waals surface area contributed by atoms with Gasteiger partial charge in [-0.1, -0.05) is 11.6 Å². The van der Waals surface area contributed by atoms with E-state index in [0.29, 0.717) is 17.5 Å². The Hall–Kier alpha value is -0.775. The zero-order valence-corrected chi connectivity index (χ0v) is 12.7. The third-order valence-electron chi connectivity index (χ3n) is 3.63. The summed E-state index contributed by atoms with van der Waals surface area (Å²) in [7, 11) is -0.516. The average molecular weight is 284 g/mol. The summed E-state index contributed by atoms with van der Waals surface area (Å²) in [5, 5.41) is 0.535. The van der Waals surface area contributed by atoms with Crippen LogP contribution in [0.1, 0.15) is 34.6 Å². The Morgan fingerprint density at radius 3 is 2.37 bits per heavy atom. The van der Waals surface area contributed by atoms with Gasteiger partial charge in [-0.2, -0.15) is 0 Å². The summed E-state index contributed by atoms with van der Waals surface area (Å²) in [6, 6.07) is 1.78. The van der Waals surface area contributed by atoms with E-state index in [2.05, 4.69) is 4.98 Å². The highest BCUT2D eigenvalue weighted by Gasteiger charge is 2.52. The van der Waals surface area contributed by atoms with Crippen LogP contribution in [0.5, 0.6) is 5.88 Å². The molecule has 0 radical (unpaired) electrons. The van der Waals surface area contributed by atoms with Crippen LogP contribution in [0.15, 0.2) is 12.3 Å². The largest absolute Gasteiger partial charge is 0.500 e. The van der Waals surface area contributed by atoms with E-state index < -0.39 is 18.3 Å². The standard InChI is InChI=1S/C13H19BClNO3/c1-6-17-11-10(7-9(15)8-16-11)14-18-12(2,3)13(4,5)19-14/h7-8H,6H2,1-5H3. The topological polar surface area (TPSA) is 40.6 Å². The van der Waals surface area contributed by atoms with Gasteiger partial charge in [0.05, 0.1) is 22.8 Å². The third kappa shape index (κ3) is 2.73. The molecule has 0 atom stereocenters. The lowest BCUT2D eigenvalue weighted by atomic mass is 9.80. The predicted octanol–water partition coefficient (Wildman–Crippen LogP) is 2.43. The number of hydrogen-bond donors (Lipinski definition) is 0. The molecule has 104 valence electrons. The van der Waals surface area contributed by atoms with E-state index in [9.17, 15) is 0 Å². The van der Waals surface area contributed by atoms with Crippen LogP contribution in [-0.4, -0.2) is 29.9 Å². The first-order valence-corrected chi connectivity index (χ1v) is 6.78. The molecule has 1 aromatic heterocycles. The van der Waals surface area contributed by atoms with E-state index in [4.69, 9.17) is 25.6 Å². The maximum Gasteiger partial charge on any atom is 0.500 e. The van der Waals surface area contributed by atoms with E-state index in [1.807, 2.05) is 34.6 Å². The first-order chi connectivity index (χ1) is 8.77. The zero-order chi connectivity index (χ0) is 14.3. The minimum Gasteiger partial charge on any atom is -0.478 e. The summed E-state index contributed by atoms with van der Waals surface area (Å²) < 4.78 is 17.5. The van der Waals surface area contributed by atoms with Crippen molar-refractivity contribution < 1.29 is 14.0 Å². The Kier molecular flexibility index (Phi) is 3.82. The molecule has 0 saturated carbocycles. The minimum absolute atomic E-state index is 0.399. The maximum atomic E-state index is 6.01. The van der Waals surface area contributed by atoms with Gasteiger partial charge in [-0.05, 0) is 40.7 Å². The molecular weight excluding hydrogens is 264 g/mol. The first kappa shape index (κ1) is 14.6. The van der Waals surface area contributed by atoms with Crippen molar-refractivity contribution in [3.63, 3.8) is 0 Å². The number of nitrogens with zero attached hydrogens (tertiary/aromatic N) is 1. The minimum atomic E-state index is -0.516. The summed E-state index contributed by atoms with van der Waals surface area (Å²) >= 11 is 6.01. The summed E-state index contributed by atoms with van der Waals surface area (Å²) in [6.07, 6.45) is 1.56. The average Bonchev–Trinajstić information content (AvgIpc) is 2.51. The molecule has 1 fully saturated rings. The monoisotopic (exact) mass is 283 g/mol. The predicted molar refractivity (Wildman–Crippen MR) is 76.1 cm³/mol. The molecule has 0 bridgehead atoms. The number of halogens is 1. The SMILES string of the molecule is CCOc1ncc(Cl)cc1B1OC(C)(C)C(C)(C)O1. The highest BCUT2D eigenvalue weighted by molar-refractivity contribution is 6.63. The maximum absolute atomic E-state index is 6.01. The van der Waals surface area contributed by atoms with E-state index in [1.54, 1.807) is 12.3 Å². The molecule has 1 saturated heterocycles. The molecule has 0 unspecified atom stereocenters. The van der Waals surface area contributed by atoms with E-state index >= 15 is 0 Å². The number of pyridine rings is 1. The van der Waals surface area contributed by atoms with Crippen molar-refractivity contribution in [2.24, 2.45) is 0 Å². The Bertz CT molecular complexity index is 463. The highest BCUT2D eigenvalue weighted by Crippen LogP contribution is 2.37. The van der Waals surface area contributed by atoms with E-state index in [0.717, 1.165) is 5.46 Å². The zero-order valence-electron chi connectivity index (χ0n) is 12.0. The van der Waals surface area contributed by atoms with Crippen LogP contribution in [0.25, 0.3) is 0 Å². The molecule has 0 aliphatic carbocycles. The van der Waals surface area contributed by atoms with E-state index in [1.165, 1.54) is 0 Å². The molecule has 2 heterocycles. The third-order valence-corrected chi connectivity index (χ3v) is 3.84. The molecule has 0 spiro atoms. The second kappa shape index (κ2) is 4.96. The van der Waals surface area contributed by atoms with Crippen molar-refractivity contribution in [3.8, 4) is 5.88 Å². The lowest BCUT2D eigenvalue weighted by molar-refractivity contribution is 0.00578. The van der Waals surface area contributed by atoms with Gasteiger partial charge in [0.1, 0.15) is 0 Å². The summed E-state index contributed by atoms with van der Waals surface area (Å²) in [5.41, 5.74) is -0.0690. The van der Waals surface area contributed by atoms with Gasteiger partial charge >= 0.3 is 7.12 Å². The summed E-state index contributed by atoms with van der Waals surface area (Å²) in [6.45, 7) is 10.5. The van der Waals surface area contributed by atoms with Crippen LogP contribution in [0, 0.1) is 0 Å². The van der Waals surface area contributed by atoms with Crippen molar-refractivity contribution in [1.82, 2.24) is 4.98 Å². The van der Waals surface area contributed by atoms with Crippen LogP contribution in [-0.2, 0) is 9.31 Å². The van der Waals surface area contributed by atoms with Crippen LogP contribution in [0.3, 0.4) is 0 Å². The Labute approximate surface area is 119 Å². The molecule has 2 rings (SSSR count). The van der Waals surface area contributed by atoms with Gasteiger partial charge in [-0.25, -0.2) is 4.98 Å². The van der Waals surface area contributed by atoms with Gasteiger partial charge in [0.2, 0.25) is 5.88 Å². The lowest BCUT2D eigenvalue weighted by Gasteiger charge is -2.32. The summed E-state index contributed by atoms with van der Waals surface area (Å²) in [5.74, 6) is 0.505. The smallest absolute Gasteiger partial charge is 0.478 e. The van der Waals surface area contributed by atoms with Gasteiger partial charge in [0.25, 0.3) is 0 Å². The lowest BCUT2D eigenvalue weighted by Crippen LogP contribution is -2.41. The number of rotatable bonds is 3. The molecule has 0 N–H and O–H groups in total. The van der Waals surface area contributed by atoms with Gasteiger partial charge in [-0.3, -0.25) is 0 Å². The number of aromatic nitrogens is 1. The molecule has 1 aliphatic heterocycles. The van der Waals surface area contributed by atoms with Gasteiger partial charge in [0.15, 0.2) is 0 Å². The fourth-order valence-corrected chi connectivity index (χ4v) is 2.00. The molecule has 6 heteroatoms.